The Morgan fingerprint density at radius 3 is 1.37 bits per heavy atom. The van der Waals surface area contributed by atoms with Crippen LogP contribution in [0, 0.1) is 22.7 Å². The number of nitrogens with zero attached hydrogens (tertiary/aromatic N) is 6. The first-order valence-corrected chi connectivity index (χ1v) is 21.8. The van der Waals surface area contributed by atoms with Crippen molar-refractivity contribution in [1.29, 1.82) is 0 Å². The molecule has 4 aliphatic rings. The number of carbonyl (C=O) groups excluding carboxylic acids is 1. The highest BCUT2D eigenvalue weighted by Crippen LogP contribution is 2.39. The normalized spacial score (nSPS) is 21.4. The average Bonchev–Trinajstić information content (AvgIpc) is 3.10. The second-order valence-electron chi connectivity index (χ2n) is 18.8. The molecule has 52 heavy (non-hydrogen) atoms. The van der Waals surface area contributed by atoms with Crippen molar-refractivity contribution < 1.29 is 4.79 Å². The fourth-order valence-electron chi connectivity index (χ4n) is 8.80. The van der Waals surface area contributed by atoms with Crippen molar-refractivity contribution in [2.24, 2.45) is 22.7 Å². The van der Waals surface area contributed by atoms with E-state index in [1.807, 2.05) is 13.8 Å². The number of hydrogen-bond donors (Lipinski definition) is 0. The Morgan fingerprint density at radius 1 is 0.596 bits per heavy atom. The lowest BCUT2D eigenvalue weighted by atomic mass is 9.54. The van der Waals surface area contributed by atoms with Gasteiger partial charge in [0, 0.05) is 57.8 Å². The Hall–Kier alpha value is -0.470. The van der Waals surface area contributed by atoms with Gasteiger partial charge in [0.2, 0.25) is 28.2 Å². The van der Waals surface area contributed by atoms with Gasteiger partial charge in [-0.05, 0) is 88.6 Å². The summed E-state index contributed by atoms with van der Waals surface area (Å²) < 4.78 is 0. The molecule has 4 rings (SSSR count). The van der Waals surface area contributed by atoms with Gasteiger partial charge in [0.05, 0.1) is 0 Å². The van der Waals surface area contributed by atoms with Crippen molar-refractivity contribution in [2.75, 3.05) is 91.6 Å². The lowest BCUT2D eigenvalue weighted by molar-refractivity contribution is -0.143. The molecular formula is C41H84B4N6O. The molecule has 0 unspecified atom stereocenters. The zero-order chi connectivity index (χ0) is 38.9. The van der Waals surface area contributed by atoms with Crippen molar-refractivity contribution >= 4 is 35.4 Å². The standard InChI is InChI=1S/C25H49B2N3O.C14H29B2N3.C2H6/c1-20(2)26-19-24(5,6)18-25(7,8)23(31)29-11-9-22(10-12-29)17-28-13-15-30(16-14-28)27-21(3)4;1-13(2)16-19-10-8-17(9-11-19)12-14-4-6-18(15-3)7-5-14;1-2/h20-22H,9-19H2,1-8H3;13-14H,4-12H2,1-3H3;1-2H3. The second-order valence-corrected chi connectivity index (χ2v) is 18.8. The minimum Gasteiger partial charge on any atom is -0.347 e. The summed E-state index contributed by atoms with van der Waals surface area (Å²) in [4.78, 5) is 28.3. The monoisotopic (exact) mass is 721 g/mol. The van der Waals surface area contributed by atoms with Crippen molar-refractivity contribution in [3.63, 3.8) is 0 Å². The average molecular weight is 720 g/mol. The van der Waals surface area contributed by atoms with E-state index in [9.17, 15) is 4.79 Å². The van der Waals surface area contributed by atoms with Gasteiger partial charge in [-0.2, -0.15) is 0 Å². The highest BCUT2D eigenvalue weighted by molar-refractivity contribution is 6.37. The predicted molar refractivity (Wildman–Crippen MR) is 232 cm³/mol. The summed E-state index contributed by atoms with van der Waals surface area (Å²) in [6.45, 7) is 45.2. The van der Waals surface area contributed by atoms with E-state index in [2.05, 4.69) is 135 Å². The Morgan fingerprint density at radius 2 is 1.00 bits per heavy atom. The molecule has 0 aliphatic carbocycles. The van der Waals surface area contributed by atoms with Gasteiger partial charge in [0.15, 0.2) is 0 Å². The van der Waals surface area contributed by atoms with Crippen LogP contribution in [0.15, 0.2) is 0 Å². The van der Waals surface area contributed by atoms with Crippen molar-refractivity contribution in [1.82, 2.24) is 29.1 Å². The number of hydrogen-bond acceptors (Lipinski definition) is 6. The van der Waals surface area contributed by atoms with Crippen LogP contribution in [-0.2, 0) is 4.79 Å². The third-order valence-corrected chi connectivity index (χ3v) is 11.4. The first kappa shape index (κ1) is 47.7. The SMILES string of the molecule is CC.CC(C)[B]CC(C)(C)CC(C)(C)C(=O)N1CCC(CN2CCN([B]C(C)C)CC2)CC1.C[B]N1CCC(CN2CCN([B]C(C)C)CC2)CC1. The molecular weight excluding hydrogens is 636 g/mol. The van der Waals surface area contributed by atoms with Gasteiger partial charge >= 0.3 is 0 Å². The largest absolute Gasteiger partial charge is 0.347 e. The topological polar surface area (TPSA) is 36.5 Å². The molecule has 0 N–H and O–H groups in total. The molecule has 1 amide bonds. The van der Waals surface area contributed by atoms with E-state index in [-0.39, 0.29) is 10.8 Å². The molecule has 4 radical (unpaired) electrons. The van der Waals surface area contributed by atoms with Crippen molar-refractivity contribution in [2.45, 2.75) is 146 Å². The maximum Gasteiger partial charge on any atom is 0.228 e. The molecule has 0 saturated carbocycles. The van der Waals surface area contributed by atoms with Crippen LogP contribution >= 0.6 is 0 Å². The highest BCUT2D eigenvalue weighted by atomic mass is 16.2. The second kappa shape index (κ2) is 24.2. The van der Waals surface area contributed by atoms with Crippen LogP contribution in [0.25, 0.3) is 0 Å². The third kappa shape index (κ3) is 18.4. The minimum absolute atomic E-state index is 0.164. The zero-order valence-electron chi connectivity index (χ0n) is 36.9. The van der Waals surface area contributed by atoms with Crippen molar-refractivity contribution in [3.8, 4) is 0 Å². The molecule has 4 fully saturated rings. The van der Waals surface area contributed by atoms with Crippen LogP contribution in [0.5, 0.6) is 0 Å². The summed E-state index contributed by atoms with van der Waals surface area (Å²) in [5.74, 6) is 3.95. The molecule has 7 nitrogen and oxygen atoms in total. The Labute approximate surface area is 328 Å². The van der Waals surface area contributed by atoms with Crippen LogP contribution in [0.4, 0.5) is 0 Å². The molecule has 4 heterocycles. The van der Waals surface area contributed by atoms with Gasteiger partial charge < -0.3 is 29.1 Å². The number of piperidine rings is 2. The van der Waals surface area contributed by atoms with Crippen LogP contribution in [0.1, 0.15) is 115 Å². The fourth-order valence-corrected chi connectivity index (χ4v) is 8.80. The van der Waals surface area contributed by atoms with Crippen LogP contribution in [0.2, 0.25) is 30.6 Å². The molecule has 0 bridgehead atoms. The number of likely N-dealkylation sites (tertiary alicyclic amines) is 1. The summed E-state index contributed by atoms with van der Waals surface area (Å²) >= 11 is 0. The van der Waals surface area contributed by atoms with Gasteiger partial charge in [0.1, 0.15) is 7.28 Å². The van der Waals surface area contributed by atoms with E-state index in [1.165, 1.54) is 78.3 Å². The van der Waals surface area contributed by atoms with Crippen LogP contribution in [-0.4, -0.2) is 156 Å². The first-order chi connectivity index (χ1) is 24.5. The van der Waals surface area contributed by atoms with Gasteiger partial charge in [-0.1, -0.05) is 114 Å². The molecule has 4 saturated heterocycles. The molecule has 296 valence electrons. The molecule has 0 aromatic carbocycles. The van der Waals surface area contributed by atoms with Gasteiger partial charge in [0.25, 0.3) is 0 Å². The molecule has 11 heteroatoms. The lowest BCUT2D eigenvalue weighted by Crippen LogP contribution is -2.51. The van der Waals surface area contributed by atoms with Gasteiger partial charge in [-0.25, -0.2) is 0 Å². The van der Waals surface area contributed by atoms with E-state index in [0.717, 1.165) is 63.6 Å². The number of amides is 1. The highest BCUT2D eigenvalue weighted by Gasteiger charge is 2.38. The van der Waals surface area contributed by atoms with E-state index in [4.69, 9.17) is 0 Å². The number of carbonyl (C=O) groups is 1. The summed E-state index contributed by atoms with van der Waals surface area (Å²) in [5, 5.41) is 0. The van der Waals surface area contributed by atoms with E-state index >= 15 is 0 Å². The molecule has 0 aromatic heterocycles. The van der Waals surface area contributed by atoms with E-state index in [0.29, 0.717) is 23.4 Å². The third-order valence-electron chi connectivity index (χ3n) is 11.4. The lowest BCUT2D eigenvalue weighted by Gasteiger charge is -2.42. The Kier molecular flexibility index (Phi) is 22.2. The smallest absolute Gasteiger partial charge is 0.228 e. The number of rotatable bonds is 15. The predicted octanol–water partition coefficient (Wildman–Crippen LogP) is 7.14. The minimum atomic E-state index is -0.287. The molecule has 0 aromatic rings. The maximum absolute atomic E-state index is 13.4. The summed E-state index contributed by atoms with van der Waals surface area (Å²) in [5.41, 5.74) is -0.124. The van der Waals surface area contributed by atoms with Crippen LogP contribution < -0.4 is 0 Å². The summed E-state index contributed by atoms with van der Waals surface area (Å²) in [7, 11) is 9.42. The Bertz CT molecular complexity index is 938. The van der Waals surface area contributed by atoms with Crippen LogP contribution in [0.3, 0.4) is 0 Å². The maximum atomic E-state index is 13.4. The summed E-state index contributed by atoms with van der Waals surface area (Å²) in [6, 6.07) is 0. The zero-order valence-corrected chi connectivity index (χ0v) is 36.9. The Balaban J connectivity index is 0.000000380. The van der Waals surface area contributed by atoms with E-state index < -0.39 is 0 Å². The molecule has 4 aliphatic heterocycles. The fraction of sp³-hybridized carbons (Fsp3) is 0.976. The van der Waals surface area contributed by atoms with E-state index in [1.54, 1.807) is 0 Å². The molecule has 0 atom stereocenters. The van der Waals surface area contributed by atoms with Crippen molar-refractivity contribution in [3.05, 3.63) is 0 Å². The van der Waals surface area contributed by atoms with Gasteiger partial charge in [-0.15, -0.1) is 0 Å². The van der Waals surface area contributed by atoms with Gasteiger partial charge in [-0.3, -0.25) is 4.79 Å². The molecule has 0 spiro atoms. The number of piperazine rings is 2. The summed E-state index contributed by atoms with van der Waals surface area (Å²) in [6.07, 6.45) is 7.09. The quantitative estimate of drug-likeness (QED) is 0.168. The first-order valence-electron chi connectivity index (χ1n) is 21.8.